The van der Waals surface area contributed by atoms with Crippen LogP contribution in [0.1, 0.15) is 21.3 Å². The average Bonchev–Trinajstić information content (AvgIpc) is 2.97. The van der Waals surface area contributed by atoms with Gasteiger partial charge in [0.15, 0.2) is 0 Å². The van der Waals surface area contributed by atoms with E-state index in [1.807, 2.05) is 41.3 Å². The van der Waals surface area contributed by atoms with Gasteiger partial charge < -0.3 is 4.90 Å². The highest BCUT2D eigenvalue weighted by Gasteiger charge is 2.31. The Hall–Kier alpha value is -1.33. The molecule has 20 heavy (non-hydrogen) atoms. The number of rotatable bonds is 2. The van der Waals surface area contributed by atoms with Crippen LogP contribution in [0.2, 0.25) is 0 Å². The minimum absolute atomic E-state index is 0.0734. The number of hydrogen-bond acceptors (Lipinski definition) is 3. The number of thioether (sulfide) groups is 1. The molecule has 0 aliphatic carbocycles. The van der Waals surface area contributed by atoms with Gasteiger partial charge in [0, 0.05) is 29.2 Å². The van der Waals surface area contributed by atoms with E-state index in [2.05, 4.69) is 20.9 Å². The van der Waals surface area contributed by atoms with Gasteiger partial charge in [-0.2, -0.15) is 0 Å². The van der Waals surface area contributed by atoms with E-state index in [9.17, 15) is 4.79 Å². The van der Waals surface area contributed by atoms with Crippen LogP contribution in [-0.2, 0) is 0 Å². The molecule has 0 saturated carbocycles. The van der Waals surface area contributed by atoms with Crippen LogP contribution in [0.3, 0.4) is 0 Å². The Morgan fingerprint density at radius 3 is 2.75 bits per heavy atom. The number of halogens is 1. The first kappa shape index (κ1) is 13.6. The average molecular weight is 349 g/mol. The summed E-state index contributed by atoms with van der Waals surface area (Å²) in [5.41, 5.74) is 1.84. The fraction of sp³-hybridized carbons (Fsp3) is 0.200. The van der Waals surface area contributed by atoms with Crippen molar-refractivity contribution >= 4 is 33.6 Å². The minimum Gasteiger partial charge on any atom is -0.322 e. The second kappa shape index (κ2) is 5.97. The molecule has 1 aliphatic rings. The predicted molar refractivity (Wildman–Crippen MR) is 84.6 cm³/mol. The van der Waals surface area contributed by atoms with Crippen LogP contribution in [0.15, 0.2) is 53.3 Å². The van der Waals surface area contributed by atoms with Crippen molar-refractivity contribution in [2.75, 3.05) is 12.3 Å². The highest BCUT2D eigenvalue weighted by Crippen LogP contribution is 2.38. The molecule has 1 atom stereocenters. The van der Waals surface area contributed by atoms with Crippen LogP contribution in [0.4, 0.5) is 0 Å². The summed E-state index contributed by atoms with van der Waals surface area (Å²) in [7, 11) is 0. The Kier molecular flexibility index (Phi) is 4.08. The third kappa shape index (κ3) is 2.60. The summed E-state index contributed by atoms with van der Waals surface area (Å²) in [6.45, 7) is 0.776. The summed E-state index contributed by atoms with van der Waals surface area (Å²) in [6, 6.07) is 11.5. The molecule has 1 aromatic carbocycles. The number of pyridine rings is 1. The largest absolute Gasteiger partial charge is 0.322 e. The number of amides is 1. The van der Waals surface area contributed by atoms with Crippen LogP contribution in [-0.4, -0.2) is 28.1 Å². The molecule has 0 spiro atoms. The molecule has 1 amide bonds. The van der Waals surface area contributed by atoms with Gasteiger partial charge in [-0.1, -0.05) is 12.1 Å². The first-order valence-corrected chi connectivity index (χ1v) is 8.18. The van der Waals surface area contributed by atoms with Crippen LogP contribution in [0, 0.1) is 0 Å². The Labute approximate surface area is 130 Å². The van der Waals surface area contributed by atoms with Crippen molar-refractivity contribution < 1.29 is 4.79 Å². The summed E-state index contributed by atoms with van der Waals surface area (Å²) in [6.07, 6.45) is 3.55. The fourth-order valence-corrected chi connectivity index (χ4v) is 3.98. The van der Waals surface area contributed by atoms with Gasteiger partial charge in [-0.05, 0) is 45.8 Å². The van der Waals surface area contributed by atoms with E-state index >= 15 is 0 Å². The maximum absolute atomic E-state index is 12.7. The van der Waals surface area contributed by atoms with E-state index < -0.39 is 0 Å². The molecule has 5 heteroatoms. The van der Waals surface area contributed by atoms with E-state index in [1.165, 1.54) is 0 Å². The zero-order valence-corrected chi connectivity index (χ0v) is 13.1. The molecule has 1 saturated heterocycles. The number of hydrogen-bond donors (Lipinski definition) is 0. The SMILES string of the molecule is O=C(c1ccccc1Br)N1CCSC1c1ccncc1. The number of carbonyl (C=O) groups is 1. The number of benzene rings is 1. The summed E-state index contributed by atoms with van der Waals surface area (Å²) in [5.74, 6) is 1.03. The van der Waals surface area contributed by atoms with Crippen molar-refractivity contribution in [3.05, 3.63) is 64.4 Å². The van der Waals surface area contributed by atoms with Crippen LogP contribution in [0.25, 0.3) is 0 Å². The summed E-state index contributed by atoms with van der Waals surface area (Å²) in [4.78, 5) is 18.7. The molecule has 2 aromatic rings. The molecule has 3 nitrogen and oxygen atoms in total. The van der Waals surface area contributed by atoms with Gasteiger partial charge in [-0.3, -0.25) is 9.78 Å². The van der Waals surface area contributed by atoms with Gasteiger partial charge in [0.25, 0.3) is 5.91 Å². The quantitative estimate of drug-likeness (QED) is 0.828. The molecule has 1 aromatic heterocycles. The standard InChI is InChI=1S/C15H13BrN2OS/c16-13-4-2-1-3-12(13)14(19)18-9-10-20-15(18)11-5-7-17-8-6-11/h1-8,15H,9-10H2. The van der Waals surface area contributed by atoms with E-state index in [0.29, 0.717) is 5.56 Å². The molecule has 1 fully saturated rings. The van der Waals surface area contributed by atoms with E-state index in [-0.39, 0.29) is 11.3 Å². The summed E-state index contributed by atoms with van der Waals surface area (Å²) in [5, 5.41) is 0.0811. The van der Waals surface area contributed by atoms with Crippen molar-refractivity contribution in [2.24, 2.45) is 0 Å². The maximum Gasteiger partial charge on any atom is 0.256 e. The molecule has 1 aliphatic heterocycles. The normalized spacial score (nSPS) is 18.2. The first-order chi connectivity index (χ1) is 9.77. The molecule has 2 heterocycles. The lowest BCUT2D eigenvalue weighted by Gasteiger charge is -2.24. The van der Waals surface area contributed by atoms with Gasteiger partial charge in [0.2, 0.25) is 0 Å². The molecular formula is C15H13BrN2OS. The van der Waals surface area contributed by atoms with Gasteiger partial charge in [0.05, 0.1) is 5.56 Å². The molecule has 0 bridgehead atoms. The molecule has 1 unspecified atom stereocenters. The highest BCUT2D eigenvalue weighted by molar-refractivity contribution is 9.10. The molecule has 3 rings (SSSR count). The maximum atomic E-state index is 12.7. The zero-order chi connectivity index (χ0) is 13.9. The molecule has 0 radical (unpaired) electrons. The molecular weight excluding hydrogens is 336 g/mol. The third-order valence-corrected chi connectivity index (χ3v) is 5.20. The van der Waals surface area contributed by atoms with Gasteiger partial charge in [-0.25, -0.2) is 0 Å². The summed E-state index contributed by atoms with van der Waals surface area (Å²) >= 11 is 5.25. The first-order valence-electron chi connectivity index (χ1n) is 6.34. The van der Waals surface area contributed by atoms with Crippen molar-refractivity contribution in [3.8, 4) is 0 Å². The number of aromatic nitrogens is 1. The second-order valence-electron chi connectivity index (χ2n) is 4.48. The Balaban J connectivity index is 1.90. The van der Waals surface area contributed by atoms with Crippen LogP contribution < -0.4 is 0 Å². The Bertz CT molecular complexity index is 620. The van der Waals surface area contributed by atoms with Crippen molar-refractivity contribution in [1.29, 1.82) is 0 Å². The molecule has 0 N–H and O–H groups in total. The van der Waals surface area contributed by atoms with Crippen LogP contribution >= 0.6 is 27.7 Å². The van der Waals surface area contributed by atoms with E-state index in [0.717, 1.165) is 22.3 Å². The predicted octanol–water partition coefficient (Wildman–Crippen LogP) is 3.73. The fourth-order valence-electron chi connectivity index (χ4n) is 2.27. The van der Waals surface area contributed by atoms with Crippen molar-refractivity contribution in [3.63, 3.8) is 0 Å². The lowest BCUT2D eigenvalue weighted by Crippen LogP contribution is -2.30. The van der Waals surface area contributed by atoms with Crippen LogP contribution in [0.5, 0.6) is 0 Å². The Morgan fingerprint density at radius 1 is 1.25 bits per heavy atom. The van der Waals surface area contributed by atoms with Crippen molar-refractivity contribution in [2.45, 2.75) is 5.37 Å². The zero-order valence-electron chi connectivity index (χ0n) is 10.7. The lowest BCUT2D eigenvalue weighted by atomic mass is 10.1. The number of nitrogens with zero attached hydrogens (tertiary/aromatic N) is 2. The lowest BCUT2D eigenvalue weighted by molar-refractivity contribution is 0.0759. The van der Waals surface area contributed by atoms with Gasteiger partial charge in [0.1, 0.15) is 5.37 Å². The topological polar surface area (TPSA) is 33.2 Å². The van der Waals surface area contributed by atoms with E-state index in [4.69, 9.17) is 0 Å². The highest BCUT2D eigenvalue weighted by atomic mass is 79.9. The van der Waals surface area contributed by atoms with Gasteiger partial charge >= 0.3 is 0 Å². The monoisotopic (exact) mass is 348 g/mol. The number of carbonyl (C=O) groups excluding carboxylic acids is 1. The second-order valence-corrected chi connectivity index (χ2v) is 6.52. The van der Waals surface area contributed by atoms with Gasteiger partial charge in [-0.15, -0.1) is 11.8 Å². The summed E-state index contributed by atoms with van der Waals surface area (Å²) < 4.78 is 0.843. The third-order valence-electron chi connectivity index (χ3n) is 3.25. The smallest absolute Gasteiger partial charge is 0.256 e. The minimum atomic E-state index is 0.0734. The van der Waals surface area contributed by atoms with Crippen molar-refractivity contribution in [1.82, 2.24) is 9.88 Å². The van der Waals surface area contributed by atoms with E-state index in [1.54, 1.807) is 24.2 Å². The Morgan fingerprint density at radius 2 is 2.00 bits per heavy atom. The molecule has 102 valence electrons.